The third-order valence-corrected chi connectivity index (χ3v) is 3.66. The lowest BCUT2D eigenvalue weighted by Crippen LogP contribution is -2.41. The van der Waals surface area contributed by atoms with Gasteiger partial charge in [-0.25, -0.2) is 0 Å². The number of fused-ring (bicyclic) bond motifs is 1. The smallest absolute Gasteiger partial charge is 0.267 e. The van der Waals surface area contributed by atoms with Crippen LogP contribution in [0.15, 0.2) is 42.5 Å². The summed E-state index contributed by atoms with van der Waals surface area (Å²) in [5.74, 6) is 0.583. The van der Waals surface area contributed by atoms with Crippen LogP contribution in [0.4, 0.5) is 11.4 Å². The summed E-state index contributed by atoms with van der Waals surface area (Å²) in [6.45, 7) is 4.43. The highest BCUT2D eigenvalue weighted by Gasteiger charge is 2.26. The van der Waals surface area contributed by atoms with Gasteiger partial charge < -0.3 is 15.4 Å². The molecule has 4 nitrogen and oxygen atoms in total. The minimum Gasteiger partial charge on any atom is -0.477 e. The number of nitrogens with one attached hydrogen (secondary N) is 2. The van der Waals surface area contributed by atoms with Gasteiger partial charge in [0, 0.05) is 5.69 Å². The van der Waals surface area contributed by atoms with E-state index in [4.69, 9.17) is 4.74 Å². The molecule has 2 aromatic rings. The van der Waals surface area contributed by atoms with Crippen LogP contribution >= 0.6 is 0 Å². The topological polar surface area (TPSA) is 50.4 Å². The Kier molecular flexibility index (Phi) is 3.52. The first kappa shape index (κ1) is 13.5. The van der Waals surface area contributed by atoms with Crippen molar-refractivity contribution in [1.82, 2.24) is 0 Å². The highest BCUT2D eigenvalue weighted by atomic mass is 16.5. The Morgan fingerprint density at radius 3 is 2.62 bits per heavy atom. The second-order valence-corrected chi connectivity index (χ2v) is 5.24. The molecule has 1 atom stereocenters. The summed E-state index contributed by atoms with van der Waals surface area (Å²) >= 11 is 0. The molecule has 2 N–H and O–H groups in total. The lowest BCUT2D eigenvalue weighted by atomic mass is 10.1. The Bertz CT molecular complexity index is 662. The number of para-hydroxylation sites is 3. The van der Waals surface area contributed by atoms with Crippen molar-refractivity contribution in [3.05, 3.63) is 53.6 Å². The molecule has 0 aliphatic carbocycles. The molecule has 0 spiro atoms. The van der Waals surface area contributed by atoms with Crippen molar-refractivity contribution in [2.45, 2.75) is 20.0 Å². The van der Waals surface area contributed by atoms with Crippen LogP contribution in [0, 0.1) is 13.8 Å². The average Bonchev–Trinajstić information content (AvgIpc) is 2.50. The fourth-order valence-electron chi connectivity index (χ4n) is 2.47. The molecule has 1 aliphatic heterocycles. The van der Waals surface area contributed by atoms with Gasteiger partial charge in [0.25, 0.3) is 5.91 Å². The molecule has 1 heterocycles. The standard InChI is InChI=1S/C17H18N2O2/c1-11-6-5-7-12(2)16(11)19-17(20)15-10-18-13-8-3-4-9-14(13)21-15/h3-9,15,18H,10H2,1-2H3,(H,19,20). The largest absolute Gasteiger partial charge is 0.477 e. The van der Waals surface area contributed by atoms with Gasteiger partial charge in [-0.2, -0.15) is 0 Å². The normalized spacial score (nSPS) is 16.4. The van der Waals surface area contributed by atoms with Gasteiger partial charge in [-0.1, -0.05) is 30.3 Å². The molecule has 0 saturated heterocycles. The summed E-state index contributed by atoms with van der Waals surface area (Å²) in [7, 11) is 0. The Morgan fingerprint density at radius 2 is 1.86 bits per heavy atom. The van der Waals surface area contributed by atoms with E-state index in [-0.39, 0.29) is 5.91 Å². The van der Waals surface area contributed by atoms with Gasteiger partial charge in [0.15, 0.2) is 6.10 Å². The summed E-state index contributed by atoms with van der Waals surface area (Å²) < 4.78 is 5.77. The predicted molar refractivity (Wildman–Crippen MR) is 83.9 cm³/mol. The number of anilines is 2. The molecule has 1 unspecified atom stereocenters. The maximum Gasteiger partial charge on any atom is 0.267 e. The number of ether oxygens (including phenoxy) is 1. The van der Waals surface area contributed by atoms with Crippen molar-refractivity contribution in [3.8, 4) is 5.75 Å². The van der Waals surface area contributed by atoms with Crippen molar-refractivity contribution < 1.29 is 9.53 Å². The van der Waals surface area contributed by atoms with Gasteiger partial charge in [-0.15, -0.1) is 0 Å². The summed E-state index contributed by atoms with van der Waals surface area (Å²) in [5.41, 5.74) is 3.89. The highest BCUT2D eigenvalue weighted by molar-refractivity contribution is 5.96. The summed E-state index contributed by atoms with van der Waals surface area (Å²) in [5, 5.41) is 6.20. The van der Waals surface area contributed by atoms with Crippen LogP contribution in [0.1, 0.15) is 11.1 Å². The van der Waals surface area contributed by atoms with Gasteiger partial charge in [0.05, 0.1) is 12.2 Å². The fourth-order valence-corrected chi connectivity index (χ4v) is 2.47. The van der Waals surface area contributed by atoms with Crippen LogP contribution in [0.5, 0.6) is 5.75 Å². The zero-order valence-electron chi connectivity index (χ0n) is 12.1. The van der Waals surface area contributed by atoms with Gasteiger partial charge in [0.1, 0.15) is 5.75 Å². The van der Waals surface area contributed by atoms with Crippen LogP contribution in [0.25, 0.3) is 0 Å². The van der Waals surface area contributed by atoms with E-state index in [2.05, 4.69) is 10.6 Å². The molecule has 0 fully saturated rings. The summed E-state index contributed by atoms with van der Waals surface area (Å²) in [4.78, 5) is 12.4. The SMILES string of the molecule is Cc1cccc(C)c1NC(=O)C1CNc2ccccc2O1. The Hall–Kier alpha value is -2.49. The van der Waals surface area contributed by atoms with E-state index < -0.39 is 6.10 Å². The first-order chi connectivity index (χ1) is 10.1. The number of hydrogen-bond acceptors (Lipinski definition) is 3. The van der Waals surface area contributed by atoms with Crippen molar-refractivity contribution in [2.75, 3.05) is 17.2 Å². The molecule has 1 amide bonds. The minimum absolute atomic E-state index is 0.130. The number of benzene rings is 2. The molecular weight excluding hydrogens is 264 g/mol. The molecule has 0 radical (unpaired) electrons. The minimum atomic E-state index is -0.529. The molecule has 0 aromatic heterocycles. The fraction of sp³-hybridized carbons (Fsp3) is 0.235. The molecular formula is C17H18N2O2. The lowest BCUT2D eigenvalue weighted by Gasteiger charge is -2.26. The van der Waals surface area contributed by atoms with E-state index in [0.29, 0.717) is 12.3 Å². The van der Waals surface area contributed by atoms with Crippen molar-refractivity contribution in [1.29, 1.82) is 0 Å². The maximum absolute atomic E-state index is 12.4. The molecule has 3 rings (SSSR count). The third-order valence-electron chi connectivity index (χ3n) is 3.66. The van der Waals surface area contributed by atoms with E-state index in [1.807, 2.05) is 56.3 Å². The van der Waals surface area contributed by atoms with E-state index in [1.165, 1.54) is 0 Å². The maximum atomic E-state index is 12.4. The first-order valence-electron chi connectivity index (χ1n) is 7.02. The molecule has 2 aromatic carbocycles. The zero-order chi connectivity index (χ0) is 14.8. The zero-order valence-corrected chi connectivity index (χ0v) is 12.1. The van der Waals surface area contributed by atoms with Gasteiger partial charge in [0.2, 0.25) is 0 Å². The van der Waals surface area contributed by atoms with Crippen molar-refractivity contribution in [2.24, 2.45) is 0 Å². The number of rotatable bonds is 2. The number of hydrogen-bond donors (Lipinski definition) is 2. The van der Waals surface area contributed by atoms with E-state index in [1.54, 1.807) is 0 Å². The highest BCUT2D eigenvalue weighted by Crippen LogP contribution is 2.29. The van der Waals surface area contributed by atoms with Crippen LogP contribution in [0.3, 0.4) is 0 Å². The quantitative estimate of drug-likeness (QED) is 0.890. The van der Waals surface area contributed by atoms with Crippen LogP contribution in [-0.2, 0) is 4.79 Å². The number of aryl methyl sites for hydroxylation is 2. The predicted octanol–water partition coefficient (Wildman–Crippen LogP) is 3.12. The summed E-state index contributed by atoms with van der Waals surface area (Å²) in [6.07, 6.45) is -0.529. The van der Waals surface area contributed by atoms with Gasteiger partial charge >= 0.3 is 0 Å². The van der Waals surface area contributed by atoms with Crippen molar-refractivity contribution >= 4 is 17.3 Å². The van der Waals surface area contributed by atoms with Gasteiger partial charge in [-0.05, 0) is 37.1 Å². The number of amides is 1. The van der Waals surface area contributed by atoms with E-state index in [0.717, 1.165) is 22.5 Å². The Balaban J connectivity index is 1.76. The lowest BCUT2D eigenvalue weighted by molar-refractivity contribution is -0.122. The monoisotopic (exact) mass is 282 g/mol. The van der Waals surface area contributed by atoms with Crippen LogP contribution in [0.2, 0.25) is 0 Å². The van der Waals surface area contributed by atoms with E-state index >= 15 is 0 Å². The molecule has 108 valence electrons. The Morgan fingerprint density at radius 1 is 1.14 bits per heavy atom. The van der Waals surface area contributed by atoms with E-state index in [9.17, 15) is 4.79 Å². The third kappa shape index (κ3) is 2.70. The second-order valence-electron chi connectivity index (χ2n) is 5.24. The molecule has 21 heavy (non-hydrogen) atoms. The molecule has 0 saturated carbocycles. The first-order valence-corrected chi connectivity index (χ1v) is 7.02. The van der Waals surface area contributed by atoms with Gasteiger partial charge in [-0.3, -0.25) is 4.79 Å². The molecule has 4 heteroatoms. The second kappa shape index (κ2) is 5.48. The Labute approximate surface area is 124 Å². The molecule has 0 bridgehead atoms. The number of carbonyl (C=O) groups is 1. The molecule has 1 aliphatic rings. The average molecular weight is 282 g/mol. The number of carbonyl (C=O) groups excluding carboxylic acids is 1. The summed E-state index contributed by atoms with van der Waals surface area (Å²) in [6, 6.07) is 13.6. The van der Waals surface area contributed by atoms with Crippen LogP contribution < -0.4 is 15.4 Å². The van der Waals surface area contributed by atoms with Crippen LogP contribution in [-0.4, -0.2) is 18.6 Å². The van der Waals surface area contributed by atoms with Crippen molar-refractivity contribution in [3.63, 3.8) is 0 Å².